The van der Waals surface area contributed by atoms with Gasteiger partial charge in [0.2, 0.25) is 0 Å². The summed E-state index contributed by atoms with van der Waals surface area (Å²) in [5.74, 6) is 0. The molecule has 104 valence electrons. The van der Waals surface area contributed by atoms with Crippen LogP contribution >= 0.6 is 0 Å². The average Bonchev–Trinajstić information content (AvgIpc) is 3.05. The zero-order valence-corrected chi connectivity index (χ0v) is 11.9. The highest BCUT2D eigenvalue weighted by molar-refractivity contribution is 7.89. The highest BCUT2D eigenvalue weighted by Crippen LogP contribution is 2.47. The standard InChI is InChI=1S/C15H15NO3S/c1-11-2-4-14(5-3-11)20(17,18)16-9-12-8-13-6-7-15(12,10-16)19-13/h2-7,9,13H,8,10H2,1H3/t13-,15-/m0/s1. The summed E-state index contributed by atoms with van der Waals surface area (Å²) in [6, 6.07) is 6.95. The molecule has 4 rings (SSSR count). The molecule has 0 radical (unpaired) electrons. The lowest BCUT2D eigenvalue weighted by Crippen LogP contribution is -2.35. The maximum absolute atomic E-state index is 12.7. The first kappa shape index (κ1) is 12.2. The lowest BCUT2D eigenvalue weighted by atomic mass is 9.92. The largest absolute Gasteiger partial charge is 0.357 e. The van der Waals surface area contributed by atoms with E-state index < -0.39 is 15.6 Å². The number of rotatable bonds is 2. The Morgan fingerprint density at radius 1 is 1.30 bits per heavy atom. The van der Waals surface area contributed by atoms with Gasteiger partial charge < -0.3 is 4.74 Å². The molecule has 0 unspecified atom stereocenters. The molecule has 1 aromatic carbocycles. The lowest BCUT2D eigenvalue weighted by molar-refractivity contribution is 0.0456. The molecular formula is C15H15NO3S. The molecule has 1 saturated heterocycles. The molecule has 0 aliphatic carbocycles. The summed E-state index contributed by atoms with van der Waals surface area (Å²) in [7, 11) is -3.48. The third-order valence-electron chi connectivity index (χ3n) is 4.22. The van der Waals surface area contributed by atoms with E-state index in [1.807, 2.05) is 31.2 Å². The number of hydrogen-bond acceptors (Lipinski definition) is 3. The van der Waals surface area contributed by atoms with Crippen LogP contribution < -0.4 is 0 Å². The fourth-order valence-corrected chi connectivity index (χ4v) is 4.48. The molecule has 0 saturated carbocycles. The van der Waals surface area contributed by atoms with Crippen LogP contribution in [-0.4, -0.2) is 31.0 Å². The predicted octanol–water partition coefficient (Wildman–Crippen LogP) is 1.98. The molecule has 3 heterocycles. The van der Waals surface area contributed by atoms with Crippen molar-refractivity contribution in [3.63, 3.8) is 0 Å². The SMILES string of the molecule is Cc1ccc(S(=O)(=O)N2C=C3C[C@@H]4C=C[C@@]3(C2)O4)cc1. The first-order chi connectivity index (χ1) is 9.49. The number of hydrogen-bond donors (Lipinski definition) is 0. The summed E-state index contributed by atoms with van der Waals surface area (Å²) < 4.78 is 32.6. The van der Waals surface area contributed by atoms with Gasteiger partial charge in [-0.2, -0.15) is 0 Å². The van der Waals surface area contributed by atoms with Crippen molar-refractivity contribution in [3.05, 3.63) is 53.8 Å². The number of fused-ring (bicyclic) bond motifs is 1. The molecule has 2 atom stereocenters. The van der Waals surface area contributed by atoms with Gasteiger partial charge in [0.15, 0.2) is 0 Å². The van der Waals surface area contributed by atoms with Gasteiger partial charge in [-0.05, 0) is 30.7 Å². The van der Waals surface area contributed by atoms with Crippen LogP contribution in [0.3, 0.4) is 0 Å². The van der Waals surface area contributed by atoms with Crippen LogP contribution in [-0.2, 0) is 14.8 Å². The first-order valence-corrected chi connectivity index (χ1v) is 8.11. The van der Waals surface area contributed by atoms with Gasteiger partial charge in [0.05, 0.1) is 17.5 Å². The van der Waals surface area contributed by atoms with E-state index in [0.29, 0.717) is 11.4 Å². The Morgan fingerprint density at radius 3 is 2.70 bits per heavy atom. The second kappa shape index (κ2) is 3.74. The quantitative estimate of drug-likeness (QED) is 0.782. The molecule has 1 spiro atoms. The number of nitrogens with zero attached hydrogens (tertiary/aromatic N) is 1. The molecular weight excluding hydrogens is 274 g/mol. The number of ether oxygens (including phenoxy) is 1. The van der Waals surface area contributed by atoms with Crippen molar-refractivity contribution >= 4 is 10.0 Å². The van der Waals surface area contributed by atoms with Gasteiger partial charge >= 0.3 is 0 Å². The molecule has 0 aromatic heterocycles. The van der Waals surface area contributed by atoms with Crippen LogP contribution in [0, 0.1) is 6.92 Å². The second-order valence-electron chi connectivity index (χ2n) is 5.63. The summed E-state index contributed by atoms with van der Waals surface area (Å²) in [5.41, 5.74) is 1.62. The lowest BCUT2D eigenvalue weighted by Gasteiger charge is -2.23. The van der Waals surface area contributed by atoms with E-state index >= 15 is 0 Å². The summed E-state index contributed by atoms with van der Waals surface area (Å²) >= 11 is 0. The first-order valence-electron chi connectivity index (χ1n) is 6.67. The van der Waals surface area contributed by atoms with Gasteiger partial charge in [-0.15, -0.1) is 0 Å². The maximum atomic E-state index is 12.7. The molecule has 20 heavy (non-hydrogen) atoms. The predicted molar refractivity (Wildman–Crippen MR) is 74.5 cm³/mol. The van der Waals surface area contributed by atoms with Gasteiger partial charge in [0, 0.05) is 12.6 Å². The zero-order chi connectivity index (χ0) is 14.0. The minimum atomic E-state index is -3.48. The van der Waals surface area contributed by atoms with E-state index in [1.54, 1.807) is 18.3 Å². The molecule has 3 aliphatic heterocycles. The Bertz CT molecular complexity index is 733. The minimum absolute atomic E-state index is 0.130. The van der Waals surface area contributed by atoms with Gasteiger partial charge in [0.1, 0.15) is 5.60 Å². The maximum Gasteiger partial charge on any atom is 0.263 e. The Morgan fingerprint density at radius 2 is 2.05 bits per heavy atom. The topological polar surface area (TPSA) is 46.6 Å². The summed E-state index contributed by atoms with van der Waals surface area (Å²) in [6.07, 6.45) is 6.71. The van der Waals surface area contributed by atoms with E-state index in [-0.39, 0.29) is 6.10 Å². The highest BCUT2D eigenvalue weighted by Gasteiger charge is 2.52. The second-order valence-corrected chi connectivity index (χ2v) is 7.52. The number of sulfonamides is 1. The zero-order valence-electron chi connectivity index (χ0n) is 11.1. The fourth-order valence-electron chi connectivity index (χ4n) is 3.10. The molecule has 1 fully saturated rings. The van der Waals surface area contributed by atoms with Gasteiger partial charge in [0.25, 0.3) is 10.0 Å². The van der Waals surface area contributed by atoms with Crippen molar-refractivity contribution in [1.82, 2.24) is 4.31 Å². The normalized spacial score (nSPS) is 30.8. The van der Waals surface area contributed by atoms with Crippen LogP contribution in [0.15, 0.2) is 53.1 Å². The van der Waals surface area contributed by atoms with Crippen molar-refractivity contribution in [2.75, 3.05) is 6.54 Å². The van der Waals surface area contributed by atoms with E-state index in [4.69, 9.17) is 4.74 Å². The van der Waals surface area contributed by atoms with Gasteiger partial charge in [-0.25, -0.2) is 8.42 Å². The Kier molecular flexibility index (Phi) is 2.28. The summed E-state index contributed by atoms with van der Waals surface area (Å²) in [5, 5.41) is 0. The third kappa shape index (κ3) is 1.53. The average molecular weight is 289 g/mol. The van der Waals surface area contributed by atoms with Crippen LogP contribution in [0.5, 0.6) is 0 Å². The fraction of sp³-hybridized carbons (Fsp3) is 0.333. The molecule has 5 heteroatoms. The van der Waals surface area contributed by atoms with E-state index in [1.165, 1.54) is 4.31 Å². The summed E-state index contributed by atoms with van der Waals surface area (Å²) in [6.45, 7) is 2.29. The van der Waals surface area contributed by atoms with E-state index in [0.717, 1.165) is 17.6 Å². The van der Waals surface area contributed by atoms with Crippen molar-refractivity contribution in [3.8, 4) is 0 Å². The van der Waals surface area contributed by atoms with Crippen molar-refractivity contribution in [2.24, 2.45) is 0 Å². The molecule has 0 amide bonds. The van der Waals surface area contributed by atoms with E-state index in [2.05, 4.69) is 0 Å². The van der Waals surface area contributed by atoms with Crippen LogP contribution in [0.2, 0.25) is 0 Å². The molecule has 1 aromatic rings. The monoisotopic (exact) mass is 289 g/mol. The molecule has 2 bridgehead atoms. The van der Waals surface area contributed by atoms with Crippen LogP contribution in [0.25, 0.3) is 0 Å². The van der Waals surface area contributed by atoms with Crippen LogP contribution in [0.4, 0.5) is 0 Å². The number of aryl methyl sites for hydroxylation is 1. The smallest absolute Gasteiger partial charge is 0.263 e. The van der Waals surface area contributed by atoms with Gasteiger partial charge in [-0.1, -0.05) is 23.8 Å². The number of benzene rings is 1. The Balaban J connectivity index is 1.71. The van der Waals surface area contributed by atoms with Gasteiger partial charge in [-0.3, -0.25) is 4.31 Å². The van der Waals surface area contributed by atoms with Crippen LogP contribution in [0.1, 0.15) is 12.0 Å². The third-order valence-corrected chi connectivity index (χ3v) is 5.94. The minimum Gasteiger partial charge on any atom is -0.357 e. The molecule has 0 N–H and O–H groups in total. The molecule has 3 aliphatic rings. The Labute approximate surface area is 118 Å². The Hall–Kier alpha value is -1.59. The highest BCUT2D eigenvalue weighted by atomic mass is 32.2. The van der Waals surface area contributed by atoms with E-state index in [9.17, 15) is 8.42 Å². The van der Waals surface area contributed by atoms with Crippen molar-refractivity contribution < 1.29 is 13.2 Å². The van der Waals surface area contributed by atoms with Crippen molar-refractivity contribution in [1.29, 1.82) is 0 Å². The van der Waals surface area contributed by atoms with Crippen molar-refractivity contribution in [2.45, 2.75) is 29.9 Å². The summed E-state index contributed by atoms with van der Waals surface area (Å²) in [4.78, 5) is 0.329. The molecule has 4 nitrogen and oxygen atoms in total.